The molecule has 0 fully saturated rings. The number of ether oxygens (including phenoxy) is 1. The van der Waals surface area contributed by atoms with Crippen LogP contribution in [0.5, 0.6) is 5.75 Å². The highest BCUT2D eigenvalue weighted by atomic mass is 32.2. The Balaban J connectivity index is 2.72. The van der Waals surface area contributed by atoms with Crippen molar-refractivity contribution in [3.05, 3.63) is 35.2 Å². The third kappa shape index (κ3) is 2.98. The minimum atomic E-state index is -3.61. The molecule has 0 amide bonds. The van der Waals surface area contributed by atoms with E-state index in [-0.39, 0.29) is 28.4 Å². The Morgan fingerprint density at radius 1 is 1.05 bits per heavy atom. The fourth-order valence-corrected chi connectivity index (χ4v) is 5.51. The first kappa shape index (κ1) is 14.1. The molecule has 0 bridgehead atoms. The van der Waals surface area contributed by atoms with Crippen molar-refractivity contribution >= 4 is 24.6 Å². The number of methoxy groups -OCH3 is 1. The van der Waals surface area contributed by atoms with Crippen LogP contribution in [0.2, 0.25) is 0 Å². The fraction of sp³-hybridized carbons (Fsp3) is 0.333. The van der Waals surface area contributed by atoms with Gasteiger partial charge in [-0.05, 0) is 18.6 Å². The zero-order valence-corrected chi connectivity index (χ0v) is 12.0. The van der Waals surface area contributed by atoms with Crippen LogP contribution < -0.4 is 4.74 Å². The van der Waals surface area contributed by atoms with Gasteiger partial charge in [-0.15, -0.1) is 0 Å². The average Bonchev–Trinajstić information content (AvgIpc) is 2.45. The number of hydrogen-bond donors (Lipinski definition) is 0. The van der Waals surface area contributed by atoms with Crippen LogP contribution in [0.1, 0.15) is 12.0 Å². The summed E-state index contributed by atoms with van der Waals surface area (Å²) in [6, 6.07) is 6.48. The zero-order chi connectivity index (χ0) is 14.1. The van der Waals surface area contributed by atoms with Gasteiger partial charge in [-0.2, -0.15) is 0 Å². The SMILES string of the molecule is COc1ccccc1C1=CS(=O)(=O)CCCS1(=O)=O. The first-order valence-corrected chi connectivity index (χ1v) is 9.03. The van der Waals surface area contributed by atoms with Gasteiger partial charge in [0.2, 0.25) is 0 Å². The van der Waals surface area contributed by atoms with E-state index >= 15 is 0 Å². The van der Waals surface area contributed by atoms with Crippen LogP contribution in [0.25, 0.3) is 4.91 Å². The van der Waals surface area contributed by atoms with Gasteiger partial charge < -0.3 is 4.74 Å². The molecule has 19 heavy (non-hydrogen) atoms. The lowest BCUT2D eigenvalue weighted by molar-refractivity contribution is 0.413. The van der Waals surface area contributed by atoms with Crippen molar-refractivity contribution in [2.75, 3.05) is 18.6 Å². The van der Waals surface area contributed by atoms with E-state index in [1.165, 1.54) is 7.11 Å². The van der Waals surface area contributed by atoms with E-state index in [1.807, 2.05) is 0 Å². The second kappa shape index (κ2) is 4.97. The van der Waals surface area contributed by atoms with E-state index < -0.39 is 19.7 Å². The molecule has 1 aromatic rings. The molecule has 0 saturated carbocycles. The van der Waals surface area contributed by atoms with E-state index in [0.717, 1.165) is 5.41 Å². The van der Waals surface area contributed by atoms with Crippen LogP contribution >= 0.6 is 0 Å². The Morgan fingerprint density at radius 2 is 1.74 bits per heavy atom. The van der Waals surface area contributed by atoms with Crippen molar-refractivity contribution in [1.29, 1.82) is 0 Å². The lowest BCUT2D eigenvalue weighted by Crippen LogP contribution is -2.08. The molecule has 1 aliphatic heterocycles. The molecule has 0 atom stereocenters. The summed E-state index contributed by atoms with van der Waals surface area (Å²) in [6.07, 6.45) is 0.111. The molecule has 1 heterocycles. The van der Waals surface area contributed by atoms with E-state index in [1.54, 1.807) is 24.3 Å². The van der Waals surface area contributed by atoms with Crippen molar-refractivity contribution in [2.45, 2.75) is 6.42 Å². The number of rotatable bonds is 2. The zero-order valence-electron chi connectivity index (χ0n) is 10.4. The minimum absolute atomic E-state index is 0.111. The summed E-state index contributed by atoms with van der Waals surface area (Å²) >= 11 is 0. The highest BCUT2D eigenvalue weighted by Gasteiger charge is 2.28. The molecule has 0 N–H and O–H groups in total. The third-order valence-electron chi connectivity index (χ3n) is 2.84. The maximum absolute atomic E-state index is 12.2. The van der Waals surface area contributed by atoms with Gasteiger partial charge in [0.05, 0.1) is 28.9 Å². The Bertz CT molecular complexity index is 714. The number of para-hydroxylation sites is 1. The van der Waals surface area contributed by atoms with Crippen molar-refractivity contribution in [1.82, 2.24) is 0 Å². The highest BCUT2D eigenvalue weighted by molar-refractivity contribution is 8.03. The smallest absolute Gasteiger partial charge is 0.179 e. The van der Waals surface area contributed by atoms with E-state index in [2.05, 4.69) is 0 Å². The number of hydrogen-bond acceptors (Lipinski definition) is 5. The van der Waals surface area contributed by atoms with E-state index in [9.17, 15) is 16.8 Å². The standard InChI is InChI=1S/C12H14O5S2/c1-17-11-6-3-2-5-10(11)12-9-18(13,14)7-4-8-19(12,15)16/h2-3,5-6,9H,4,7-8H2,1H3. The van der Waals surface area contributed by atoms with Gasteiger partial charge in [-0.1, -0.05) is 12.1 Å². The van der Waals surface area contributed by atoms with Crippen molar-refractivity contribution in [3.63, 3.8) is 0 Å². The van der Waals surface area contributed by atoms with Crippen LogP contribution in [0.4, 0.5) is 0 Å². The minimum Gasteiger partial charge on any atom is -0.496 e. The fourth-order valence-electron chi connectivity index (χ4n) is 1.93. The van der Waals surface area contributed by atoms with Crippen LogP contribution in [-0.4, -0.2) is 35.5 Å². The average molecular weight is 302 g/mol. The molecule has 0 aromatic heterocycles. The normalized spacial score (nSPS) is 21.2. The first-order chi connectivity index (χ1) is 8.86. The van der Waals surface area contributed by atoms with E-state index in [4.69, 9.17) is 4.74 Å². The molecule has 1 aliphatic rings. The number of benzene rings is 1. The predicted octanol–water partition coefficient (Wildman–Crippen LogP) is 1.23. The summed E-state index contributed by atoms with van der Waals surface area (Å²) < 4.78 is 53.0. The third-order valence-corrected chi connectivity index (χ3v) is 6.27. The van der Waals surface area contributed by atoms with Crippen molar-refractivity contribution in [3.8, 4) is 5.75 Å². The second-order valence-electron chi connectivity index (χ2n) is 4.22. The molecule has 5 nitrogen and oxygen atoms in total. The topological polar surface area (TPSA) is 77.5 Å². The summed E-state index contributed by atoms with van der Waals surface area (Å²) in [5.41, 5.74) is 0.287. The summed E-state index contributed by atoms with van der Waals surface area (Å²) in [6.45, 7) is 0. The quantitative estimate of drug-likeness (QED) is 0.821. The van der Waals surface area contributed by atoms with E-state index in [0.29, 0.717) is 5.75 Å². The van der Waals surface area contributed by atoms with Gasteiger partial charge in [0.1, 0.15) is 5.75 Å². The van der Waals surface area contributed by atoms with Crippen LogP contribution in [0.3, 0.4) is 0 Å². The van der Waals surface area contributed by atoms with Gasteiger partial charge in [-0.3, -0.25) is 0 Å². The Morgan fingerprint density at radius 3 is 2.42 bits per heavy atom. The molecule has 1 aromatic carbocycles. The van der Waals surface area contributed by atoms with Gasteiger partial charge in [0, 0.05) is 5.56 Å². The monoisotopic (exact) mass is 302 g/mol. The Labute approximate surface area is 112 Å². The van der Waals surface area contributed by atoms with Crippen molar-refractivity contribution in [2.24, 2.45) is 0 Å². The lowest BCUT2D eigenvalue weighted by Gasteiger charge is -2.10. The summed E-state index contributed by atoms with van der Waals surface area (Å²) in [5, 5.41) is 0.854. The highest BCUT2D eigenvalue weighted by Crippen LogP contribution is 2.32. The van der Waals surface area contributed by atoms with Gasteiger partial charge >= 0.3 is 0 Å². The molecule has 7 heteroatoms. The molecule has 104 valence electrons. The molecular formula is C12H14O5S2. The van der Waals surface area contributed by atoms with Gasteiger partial charge in [-0.25, -0.2) is 16.8 Å². The largest absolute Gasteiger partial charge is 0.496 e. The number of sulfone groups is 2. The molecule has 2 rings (SSSR count). The Hall–Kier alpha value is -1.34. The molecule has 0 unspecified atom stereocenters. The maximum Gasteiger partial charge on any atom is 0.179 e. The molecule has 0 saturated heterocycles. The van der Waals surface area contributed by atoms with Gasteiger partial charge in [0.25, 0.3) is 0 Å². The van der Waals surface area contributed by atoms with Crippen LogP contribution in [-0.2, 0) is 19.7 Å². The summed E-state index contributed by atoms with van der Waals surface area (Å²) in [7, 11) is -5.71. The van der Waals surface area contributed by atoms with Crippen LogP contribution in [0.15, 0.2) is 29.7 Å². The molecule has 0 spiro atoms. The van der Waals surface area contributed by atoms with Gasteiger partial charge in [0.15, 0.2) is 19.7 Å². The first-order valence-electron chi connectivity index (χ1n) is 5.66. The lowest BCUT2D eigenvalue weighted by atomic mass is 10.2. The summed E-state index contributed by atoms with van der Waals surface area (Å²) in [4.78, 5) is -0.178. The molecule has 0 aliphatic carbocycles. The predicted molar refractivity (Wildman–Crippen MR) is 73.2 cm³/mol. The van der Waals surface area contributed by atoms with Crippen molar-refractivity contribution < 1.29 is 21.6 Å². The second-order valence-corrected chi connectivity index (χ2v) is 8.27. The Kier molecular flexibility index (Phi) is 3.69. The van der Waals surface area contributed by atoms with Crippen LogP contribution in [0, 0.1) is 0 Å². The molecule has 0 radical (unpaired) electrons. The maximum atomic E-state index is 12.2. The summed E-state index contributed by atoms with van der Waals surface area (Å²) in [5.74, 6) is 0.0236. The molecular weight excluding hydrogens is 288 g/mol.